The maximum Gasteiger partial charge on any atom is 0.337 e. The molecule has 2 unspecified atom stereocenters. The van der Waals surface area contributed by atoms with E-state index in [1.807, 2.05) is 6.92 Å². The van der Waals surface area contributed by atoms with Crippen molar-refractivity contribution in [1.82, 2.24) is 10.2 Å². The number of carbonyl (C=O) groups is 3. The van der Waals surface area contributed by atoms with Crippen LogP contribution in [0.5, 0.6) is 5.75 Å². The lowest BCUT2D eigenvalue weighted by atomic mass is 9.94. The average molecular weight is 618 g/mol. The lowest BCUT2D eigenvalue weighted by molar-refractivity contribution is -0.132. The topological polar surface area (TPSA) is 119 Å². The van der Waals surface area contributed by atoms with E-state index in [9.17, 15) is 23.9 Å². The highest BCUT2D eigenvalue weighted by atomic mass is 32.2. The highest BCUT2D eigenvalue weighted by molar-refractivity contribution is 8.00. The number of Topliss-reactive ketones (excluding diaryl/α,β-unsaturated/α-hetero) is 1. The summed E-state index contributed by atoms with van der Waals surface area (Å²) in [4.78, 5) is 40.4. The van der Waals surface area contributed by atoms with Gasteiger partial charge in [0.1, 0.15) is 23.4 Å². The number of nitrogens with zero attached hydrogens (tertiary/aromatic N) is 3. The van der Waals surface area contributed by atoms with Gasteiger partial charge < -0.3 is 14.6 Å². The lowest BCUT2D eigenvalue weighted by Crippen LogP contribution is -2.29. The molecular weight excluding hydrogens is 593 g/mol. The van der Waals surface area contributed by atoms with Crippen LogP contribution in [0, 0.1) is 5.82 Å². The molecular formula is C31H24FN3O6S2. The van der Waals surface area contributed by atoms with Gasteiger partial charge in [-0.25, -0.2) is 9.18 Å². The Bertz CT molecular complexity index is 1770. The molecule has 2 aliphatic rings. The first-order valence-electron chi connectivity index (χ1n) is 13.2. The summed E-state index contributed by atoms with van der Waals surface area (Å²) in [5, 5.41) is 20.1. The molecule has 1 saturated heterocycles. The molecule has 2 aliphatic heterocycles. The maximum absolute atomic E-state index is 13.6. The number of benzene rings is 3. The van der Waals surface area contributed by atoms with Crippen molar-refractivity contribution in [2.24, 2.45) is 0 Å². The van der Waals surface area contributed by atoms with E-state index in [-0.39, 0.29) is 33.9 Å². The molecule has 1 N–H and O–H groups in total. The Balaban J connectivity index is 1.39. The zero-order chi connectivity index (χ0) is 30.2. The molecule has 0 saturated carbocycles. The second-order valence-corrected chi connectivity index (χ2v) is 12.2. The molecule has 9 nitrogen and oxygen atoms in total. The minimum atomic E-state index is -1.04. The third-order valence-electron chi connectivity index (χ3n) is 7.14. The fourth-order valence-corrected chi connectivity index (χ4v) is 6.90. The van der Waals surface area contributed by atoms with Gasteiger partial charge in [-0.05, 0) is 66.1 Å². The van der Waals surface area contributed by atoms with Crippen LogP contribution in [0.2, 0.25) is 0 Å². The Morgan fingerprint density at radius 3 is 2.53 bits per heavy atom. The van der Waals surface area contributed by atoms with Crippen LogP contribution in [0.3, 0.4) is 0 Å². The quantitative estimate of drug-likeness (QED) is 0.0695. The Labute approximate surface area is 254 Å². The number of aliphatic hydroxyl groups is 1. The monoisotopic (exact) mass is 617 g/mol. The van der Waals surface area contributed by atoms with E-state index in [0.29, 0.717) is 33.4 Å². The molecule has 0 radical (unpaired) electrons. The largest absolute Gasteiger partial charge is 0.507 e. The normalized spacial score (nSPS) is 18.9. The zero-order valence-electron chi connectivity index (χ0n) is 22.9. The van der Waals surface area contributed by atoms with Crippen molar-refractivity contribution < 1.29 is 33.4 Å². The molecule has 2 atom stereocenters. The van der Waals surface area contributed by atoms with Gasteiger partial charge in [-0.2, -0.15) is 0 Å². The summed E-state index contributed by atoms with van der Waals surface area (Å²) in [7, 11) is 1.27. The van der Waals surface area contributed by atoms with E-state index in [0.717, 1.165) is 22.5 Å². The summed E-state index contributed by atoms with van der Waals surface area (Å²) < 4.78 is 24.4. The van der Waals surface area contributed by atoms with Crippen LogP contribution >= 0.6 is 23.1 Å². The molecule has 0 aliphatic carbocycles. The van der Waals surface area contributed by atoms with Crippen LogP contribution in [-0.4, -0.2) is 46.2 Å². The van der Waals surface area contributed by atoms with Crippen LogP contribution in [0.4, 0.5) is 9.52 Å². The standard InChI is InChI=1S/C31H24FN3O6S2/c1-16-13-21-14-20(9-12-23(21)41-16)26(36)24-25(18-5-7-19(8-6-18)29(39)40-2)35(28(38)27(24)37)30-33-34-31(43-30)42-15-17-3-10-22(32)11-4-17/h3-12,14,16,25,36H,13,15H2,1-2H3/b26-24-. The van der Waals surface area contributed by atoms with Gasteiger partial charge in [0, 0.05) is 17.7 Å². The average Bonchev–Trinajstić information content (AvgIpc) is 3.71. The van der Waals surface area contributed by atoms with E-state index in [1.165, 1.54) is 48.0 Å². The molecule has 1 amide bonds. The molecule has 4 aromatic rings. The lowest BCUT2D eigenvalue weighted by Gasteiger charge is -2.22. The number of ether oxygens (including phenoxy) is 2. The highest BCUT2D eigenvalue weighted by Crippen LogP contribution is 2.44. The molecule has 218 valence electrons. The molecule has 1 fully saturated rings. The first-order chi connectivity index (χ1) is 20.7. The smallest absolute Gasteiger partial charge is 0.337 e. The third kappa shape index (κ3) is 5.51. The van der Waals surface area contributed by atoms with E-state index in [4.69, 9.17) is 9.47 Å². The van der Waals surface area contributed by atoms with Gasteiger partial charge in [0.2, 0.25) is 5.13 Å². The van der Waals surface area contributed by atoms with Crippen molar-refractivity contribution in [3.05, 3.63) is 106 Å². The molecule has 3 heterocycles. The second kappa shape index (κ2) is 11.6. The van der Waals surface area contributed by atoms with E-state index in [1.54, 1.807) is 42.5 Å². The Morgan fingerprint density at radius 2 is 1.81 bits per heavy atom. The number of thioether (sulfide) groups is 1. The number of ketones is 1. The van der Waals surface area contributed by atoms with Crippen molar-refractivity contribution >= 4 is 51.6 Å². The number of aromatic nitrogens is 2. The Kier molecular flexibility index (Phi) is 7.72. The van der Waals surface area contributed by atoms with Gasteiger partial charge >= 0.3 is 11.9 Å². The molecule has 43 heavy (non-hydrogen) atoms. The van der Waals surface area contributed by atoms with Gasteiger partial charge in [0.05, 0.1) is 24.3 Å². The molecule has 3 aromatic carbocycles. The summed E-state index contributed by atoms with van der Waals surface area (Å²) in [6.07, 6.45) is 0.630. The van der Waals surface area contributed by atoms with Crippen molar-refractivity contribution in [3.8, 4) is 5.75 Å². The first kappa shape index (κ1) is 28.6. The third-order valence-corrected chi connectivity index (χ3v) is 9.27. The molecule has 6 rings (SSSR count). The number of anilines is 1. The maximum atomic E-state index is 13.6. The van der Waals surface area contributed by atoms with Crippen molar-refractivity contribution in [1.29, 1.82) is 0 Å². The number of aliphatic hydroxyl groups excluding tert-OH is 1. The predicted octanol–water partition coefficient (Wildman–Crippen LogP) is 5.71. The van der Waals surface area contributed by atoms with Crippen LogP contribution in [0.25, 0.3) is 5.76 Å². The predicted molar refractivity (Wildman–Crippen MR) is 159 cm³/mol. The van der Waals surface area contributed by atoms with Crippen molar-refractivity contribution in [3.63, 3.8) is 0 Å². The van der Waals surface area contributed by atoms with E-state index in [2.05, 4.69) is 10.2 Å². The number of hydrogen-bond acceptors (Lipinski definition) is 10. The highest BCUT2D eigenvalue weighted by Gasteiger charge is 2.48. The number of hydrogen-bond donors (Lipinski definition) is 1. The van der Waals surface area contributed by atoms with Gasteiger partial charge in [0.25, 0.3) is 5.78 Å². The molecule has 0 spiro atoms. The summed E-state index contributed by atoms with van der Waals surface area (Å²) in [6.45, 7) is 1.94. The number of amides is 1. The minimum Gasteiger partial charge on any atom is -0.507 e. The summed E-state index contributed by atoms with van der Waals surface area (Å²) in [5.41, 5.74) is 2.78. The Morgan fingerprint density at radius 1 is 1.09 bits per heavy atom. The number of methoxy groups -OCH3 is 1. The number of rotatable bonds is 7. The fourth-order valence-electron chi connectivity index (χ4n) is 5.07. The zero-order valence-corrected chi connectivity index (χ0v) is 24.6. The molecule has 1 aromatic heterocycles. The fraction of sp³-hybridized carbons (Fsp3) is 0.194. The van der Waals surface area contributed by atoms with E-state index >= 15 is 0 Å². The SMILES string of the molecule is COC(=O)c1ccc(C2/C(=C(/O)c3ccc4c(c3)CC(C)O4)C(=O)C(=O)N2c2nnc(SCc3ccc(F)cc3)s2)cc1. The number of fused-ring (bicyclic) bond motifs is 1. The Hall–Kier alpha value is -4.55. The van der Waals surface area contributed by atoms with Crippen LogP contribution in [0.1, 0.15) is 45.6 Å². The van der Waals surface area contributed by atoms with Gasteiger partial charge in [-0.1, -0.05) is 47.4 Å². The summed E-state index contributed by atoms with van der Waals surface area (Å²) in [6, 6.07) is 16.5. The molecule has 12 heteroatoms. The van der Waals surface area contributed by atoms with Crippen molar-refractivity contribution in [2.75, 3.05) is 12.0 Å². The molecule has 0 bridgehead atoms. The number of carbonyl (C=O) groups excluding carboxylic acids is 3. The van der Waals surface area contributed by atoms with Crippen LogP contribution in [0.15, 0.2) is 76.6 Å². The summed E-state index contributed by atoms with van der Waals surface area (Å²) >= 11 is 2.48. The number of halogens is 1. The van der Waals surface area contributed by atoms with Gasteiger partial charge in [0.15, 0.2) is 4.34 Å². The summed E-state index contributed by atoms with van der Waals surface area (Å²) in [5.74, 6) is -1.74. The number of esters is 1. The van der Waals surface area contributed by atoms with Crippen LogP contribution in [-0.2, 0) is 26.5 Å². The van der Waals surface area contributed by atoms with E-state index < -0.39 is 23.7 Å². The first-order valence-corrected chi connectivity index (χ1v) is 15.0. The minimum absolute atomic E-state index is 0.0150. The van der Waals surface area contributed by atoms with Gasteiger partial charge in [-0.3, -0.25) is 14.5 Å². The van der Waals surface area contributed by atoms with Gasteiger partial charge in [-0.15, -0.1) is 10.2 Å². The second-order valence-electron chi connectivity index (χ2n) is 10.0. The van der Waals surface area contributed by atoms with Crippen molar-refractivity contribution in [2.45, 2.75) is 35.6 Å². The van der Waals surface area contributed by atoms with Crippen LogP contribution < -0.4 is 9.64 Å².